The Labute approximate surface area is 280 Å². The number of hydrogen-bond donors (Lipinski definition) is 6. The molecule has 0 aromatic carbocycles. The molecule has 9 heteroatoms. The second kappa shape index (κ2) is 28.9. The molecule has 46 heavy (non-hydrogen) atoms. The number of carbonyl (C=O) groups excluding carboxylic acids is 1. The van der Waals surface area contributed by atoms with Crippen LogP contribution in [-0.2, 0) is 14.3 Å². The van der Waals surface area contributed by atoms with Gasteiger partial charge in [0.25, 0.3) is 0 Å². The Hall–Kier alpha value is -1.07. The van der Waals surface area contributed by atoms with Crippen molar-refractivity contribution in [1.82, 2.24) is 5.32 Å². The lowest BCUT2D eigenvalue weighted by Crippen LogP contribution is -2.60. The lowest BCUT2D eigenvalue weighted by atomic mass is 9.99. The van der Waals surface area contributed by atoms with Crippen molar-refractivity contribution in [2.24, 2.45) is 0 Å². The fourth-order valence-electron chi connectivity index (χ4n) is 5.98. The fraction of sp³-hybridized carbons (Fsp3) is 0.919. The number of rotatable bonds is 30. The average Bonchev–Trinajstić information content (AvgIpc) is 3.05. The number of amides is 1. The molecule has 272 valence electrons. The van der Waals surface area contributed by atoms with Crippen molar-refractivity contribution in [2.45, 2.75) is 204 Å². The van der Waals surface area contributed by atoms with Crippen molar-refractivity contribution in [2.75, 3.05) is 13.2 Å². The van der Waals surface area contributed by atoms with Crippen LogP contribution in [0.4, 0.5) is 0 Å². The standard InChI is InChI=1S/C37H71NO8/c1-3-5-7-9-11-13-15-17-19-21-23-25-27-33(41)38-30(29-45-37-36(44)35(43)34(42)32(28-39)46-37)31(40)26-24-22-20-18-16-14-12-10-8-6-4-2/h24,26,30-32,34-37,39-40,42-44H,3-23,25,27-29H2,1-2H3,(H,38,41)/b26-24+/t30-,31+,32+,34-,35?,36?,37+/m0/s1. The van der Waals surface area contributed by atoms with E-state index in [9.17, 15) is 30.3 Å². The predicted octanol–water partition coefficient (Wildman–Crippen LogP) is 6.22. The minimum atomic E-state index is -1.56. The minimum Gasteiger partial charge on any atom is -0.394 e. The third-order valence-corrected chi connectivity index (χ3v) is 9.11. The Morgan fingerprint density at radius 1 is 0.717 bits per heavy atom. The van der Waals surface area contributed by atoms with Gasteiger partial charge >= 0.3 is 0 Å². The molecule has 0 aromatic rings. The van der Waals surface area contributed by atoms with Crippen molar-refractivity contribution in [1.29, 1.82) is 0 Å². The van der Waals surface area contributed by atoms with E-state index < -0.39 is 49.5 Å². The van der Waals surface area contributed by atoms with Gasteiger partial charge in [-0.3, -0.25) is 4.79 Å². The van der Waals surface area contributed by atoms with Gasteiger partial charge in [-0.05, 0) is 19.3 Å². The monoisotopic (exact) mass is 658 g/mol. The van der Waals surface area contributed by atoms with Gasteiger partial charge in [-0.25, -0.2) is 0 Å². The van der Waals surface area contributed by atoms with Gasteiger partial charge in [-0.15, -0.1) is 0 Å². The average molecular weight is 658 g/mol. The highest BCUT2D eigenvalue weighted by Crippen LogP contribution is 2.22. The minimum absolute atomic E-state index is 0.180. The Kier molecular flexibility index (Phi) is 27.0. The van der Waals surface area contributed by atoms with Gasteiger partial charge in [0, 0.05) is 6.42 Å². The van der Waals surface area contributed by atoms with Crippen molar-refractivity contribution in [3.8, 4) is 0 Å². The first-order chi connectivity index (χ1) is 22.3. The summed E-state index contributed by atoms with van der Waals surface area (Å²) in [5.41, 5.74) is 0. The first kappa shape index (κ1) is 43.0. The summed E-state index contributed by atoms with van der Waals surface area (Å²) in [7, 11) is 0. The van der Waals surface area contributed by atoms with Crippen LogP contribution in [-0.4, -0.2) is 87.5 Å². The van der Waals surface area contributed by atoms with Crippen molar-refractivity contribution < 1.29 is 39.8 Å². The van der Waals surface area contributed by atoms with Crippen LogP contribution in [0.2, 0.25) is 0 Å². The molecule has 1 heterocycles. The van der Waals surface area contributed by atoms with Gasteiger partial charge in [-0.2, -0.15) is 0 Å². The van der Waals surface area contributed by atoms with Gasteiger partial charge in [0.05, 0.1) is 25.4 Å². The predicted molar refractivity (Wildman–Crippen MR) is 184 cm³/mol. The number of aliphatic hydroxyl groups is 5. The Bertz CT molecular complexity index is 736. The van der Waals surface area contributed by atoms with E-state index in [0.717, 1.165) is 38.5 Å². The van der Waals surface area contributed by atoms with E-state index in [0.29, 0.717) is 6.42 Å². The summed E-state index contributed by atoms with van der Waals surface area (Å²) in [5, 5.41) is 53.8. The third-order valence-electron chi connectivity index (χ3n) is 9.11. The van der Waals surface area contributed by atoms with Crippen LogP contribution in [0.5, 0.6) is 0 Å². The second-order valence-electron chi connectivity index (χ2n) is 13.4. The highest BCUT2D eigenvalue weighted by Gasteiger charge is 2.44. The number of hydrogen-bond acceptors (Lipinski definition) is 8. The lowest BCUT2D eigenvalue weighted by molar-refractivity contribution is -0.302. The van der Waals surface area contributed by atoms with E-state index in [-0.39, 0.29) is 12.5 Å². The molecular weight excluding hydrogens is 586 g/mol. The molecule has 0 radical (unpaired) electrons. The summed E-state index contributed by atoms with van der Waals surface area (Å²) in [4.78, 5) is 12.8. The Balaban J connectivity index is 2.47. The molecule has 1 aliphatic rings. The molecule has 0 saturated carbocycles. The first-order valence-corrected chi connectivity index (χ1v) is 18.9. The van der Waals surface area contributed by atoms with E-state index in [2.05, 4.69) is 19.2 Å². The Morgan fingerprint density at radius 3 is 1.70 bits per heavy atom. The molecule has 1 aliphatic heterocycles. The molecular formula is C37H71NO8. The molecule has 0 bridgehead atoms. The molecule has 2 unspecified atom stereocenters. The SMILES string of the molecule is CCCCCCCCCCC/C=C/[C@@H](O)[C@H](CO[C@@H]1O[C@H](CO)[C@H](O)C(O)C1O)NC(=O)CCCCCCCCCCCCCC. The number of carbonyl (C=O) groups is 1. The van der Waals surface area contributed by atoms with E-state index in [4.69, 9.17) is 9.47 Å². The molecule has 1 saturated heterocycles. The maximum absolute atomic E-state index is 12.8. The summed E-state index contributed by atoms with van der Waals surface area (Å²) in [6, 6.07) is -0.795. The fourth-order valence-corrected chi connectivity index (χ4v) is 5.98. The summed E-state index contributed by atoms with van der Waals surface area (Å²) < 4.78 is 11.1. The zero-order valence-electron chi connectivity index (χ0n) is 29.3. The van der Waals surface area contributed by atoms with Gasteiger partial charge in [0.2, 0.25) is 5.91 Å². The largest absolute Gasteiger partial charge is 0.394 e. The molecule has 6 N–H and O–H groups in total. The van der Waals surface area contributed by atoms with Gasteiger partial charge in [0.15, 0.2) is 6.29 Å². The molecule has 0 aromatic heterocycles. The number of aliphatic hydroxyl groups excluding tert-OH is 5. The van der Waals surface area contributed by atoms with Crippen LogP contribution in [0, 0.1) is 0 Å². The van der Waals surface area contributed by atoms with Gasteiger partial charge in [0.1, 0.15) is 24.4 Å². The summed E-state index contributed by atoms with van der Waals surface area (Å²) >= 11 is 0. The zero-order valence-corrected chi connectivity index (χ0v) is 29.3. The van der Waals surface area contributed by atoms with Crippen molar-refractivity contribution in [3.63, 3.8) is 0 Å². The molecule has 1 rings (SSSR count). The maximum Gasteiger partial charge on any atom is 0.220 e. The van der Waals surface area contributed by atoms with Crippen LogP contribution in [0.3, 0.4) is 0 Å². The highest BCUT2D eigenvalue weighted by atomic mass is 16.7. The van der Waals surface area contributed by atoms with E-state index in [1.54, 1.807) is 6.08 Å². The quantitative estimate of drug-likeness (QED) is 0.0394. The second-order valence-corrected chi connectivity index (χ2v) is 13.4. The Morgan fingerprint density at radius 2 is 1.20 bits per heavy atom. The molecule has 0 spiro atoms. The van der Waals surface area contributed by atoms with E-state index >= 15 is 0 Å². The van der Waals surface area contributed by atoms with Crippen molar-refractivity contribution >= 4 is 5.91 Å². The van der Waals surface area contributed by atoms with Crippen LogP contribution in [0.15, 0.2) is 12.2 Å². The van der Waals surface area contributed by atoms with E-state index in [1.807, 2.05) is 6.08 Å². The summed E-state index contributed by atoms with van der Waals surface area (Å²) in [6.07, 6.45) is 22.5. The molecule has 0 aliphatic carbocycles. The normalized spacial score (nSPS) is 23.2. The zero-order chi connectivity index (χ0) is 33.8. The summed E-state index contributed by atoms with van der Waals surface area (Å²) in [6.45, 7) is 3.73. The highest BCUT2D eigenvalue weighted by molar-refractivity contribution is 5.76. The topological polar surface area (TPSA) is 149 Å². The van der Waals surface area contributed by atoms with Crippen LogP contribution >= 0.6 is 0 Å². The van der Waals surface area contributed by atoms with Gasteiger partial charge in [-0.1, -0.05) is 148 Å². The molecule has 9 nitrogen and oxygen atoms in total. The molecule has 7 atom stereocenters. The van der Waals surface area contributed by atoms with Crippen LogP contribution in [0.25, 0.3) is 0 Å². The van der Waals surface area contributed by atoms with Crippen LogP contribution in [0.1, 0.15) is 162 Å². The number of nitrogens with one attached hydrogen (secondary N) is 1. The molecule has 1 fully saturated rings. The smallest absolute Gasteiger partial charge is 0.220 e. The number of unbranched alkanes of at least 4 members (excludes halogenated alkanes) is 20. The van der Waals surface area contributed by atoms with Gasteiger partial charge < -0.3 is 40.3 Å². The number of ether oxygens (including phenoxy) is 2. The van der Waals surface area contributed by atoms with E-state index in [1.165, 1.54) is 103 Å². The first-order valence-electron chi connectivity index (χ1n) is 18.9. The third kappa shape index (κ3) is 20.3. The summed E-state index contributed by atoms with van der Waals surface area (Å²) in [5.74, 6) is -0.180. The van der Waals surface area contributed by atoms with Crippen molar-refractivity contribution in [3.05, 3.63) is 12.2 Å². The number of allylic oxidation sites excluding steroid dienone is 1. The van der Waals surface area contributed by atoms with Crippen LogP contribution < -0.4 is 5.32 Å². The lowest BCUT2D eigenvalue weighted by Gasteiger charge is -2.40. The molecule has 1 amide bonds. The maximum atomic E-state index is 12.8.